The summed E-state index contributed by atoms with van der Waals surface area (Å²) in [7, 11) is 0. The van der Waals surface area contributed by atoms with Gasteiger partial charge < -0.3 is 5.32 Å². The van der Waals surface area contributed by atoms with Gasteiger partial charge in [0.1, 0.15) is 0 Å². The fourth-order valence-electron chi connectivity index (χ4n) is 4.31. The van der Waals surface area contributed by atoms with E-state index in [1.165, 1.54) is 77.5 Å². The maximum atomic E-state index is 3.50. The monoisotopic (exact) mass is 236 g/mol. The van der Waals surface area contributed by atoms with Crippen molar-refractivity contribution in [2.24, 2.45) is 11.8 Å². The van der Waals surface area contributed by atoms with E-state index in [-0.39, 0.29) is 0 Å². The molecule has 0 bridgehead atoms. The molecule has 1 N–H and O–H groups in total. The second kappa shape index (κ2) is 5.71. The van der Waals surface area contributed by atoms with Gasteiger partial charge in [0.05, 0.1) is 0 Å². The molecule has 3 aliphatic rings. The topological polar surface area (TPSA) is 15.3 Å². The van der Waals surface area contributed by atoms with Gasteiger partial charge >= 0.3 is 0 Å². The van der Waals surface area contributed by atoms with Gasteiger partial charge in [0.15, 0.2) is 0 Å². The molecule has 0 amide bonds. The summed E-state index contributed by atoms with van der Waals surface area (Å²) in [4.78, 5) is 2.76. The van der Waals surface area contributed by atoms with E-state index in [0.717, 1.165) is 17.9 Å². The van der Waals surface area contributed by atoms with E-state index in [2.05, 4.69) is 10.2 Å². The number of nitrogens with one attached hydrogen (secondary N) is 1. The summed E-state index contributed by atoms with van der Waals surface area (Å²) in [5, 5.41) is 3.50. The Kier molecular flexibility index (Phi) is 4.02. The molecule has 3 rings (SSSR count). The number of likely N-dealkylation sites (tertiary alicyclic amines) is 1. The minimum atomic E-state index is 0.863. The average Bonchev–Trinajstić information content (AvgIpc) is 2.94. The molecule has 1 saturated carbocycles. The molecule has 2 heteroatoms. The SMILES string of the molecule is C1CCC(C2CCN(C3CCNC3)CC2)CC1. The third kappa shape index (κ3) is 2.85. The van der Waals surface area contributed by atoms with E-state index >= 15 is 0 Å². The Labute approximate surface area is 106 Å². The van der Waals surface area contributed by atoms with Gasteiger partial charge in [-0.25, -0.2) is 0 Å². The second-order valence-corrected chi connectivity index (χ2v) is 6.42. The van der Waals surface area contributed by atoms with E-state index in [1.807, 2.05) is 0 Å². The Morgan fingerprint density at radius 2 is 1.47 bits per heavy atom. The van der Waals surface area contributed by atoms with Gasteiger partial charge in [-0.1, -0.05) is 32.1 Å². The molecule has 0 aromatic rings. The van der Waals surface area contributed by atoms with Gasteiger partial charge in [0, 0.05) is 12.6 Å². The molecule has 3 fully saturated rings. The second-order valence-electron chi connectivity index (χ2n) is 6.42. The summed E-state index contributed by atoms with van der Waals surface area (Å²) in [5.74, 6) is 2.16. The molecule has 17 heavy (non-hydrogen) atoms. The van der Waals surface area contributed by atoms with Gasteiger partial charge in [-0.05, 0) is 50.7 Å². The van der Waals surface area contributed by atoms with Crippen LogP contribution in [0.4, 0.5) is 0 Å². The van der Waals surface area contributed by atoms with Crippen molar-refractivity contribution < 1.29 is 0 Å². The van der Waals surface area contributed by atoms with Crippen LogP contribution in [0.2, 0.25) is 0 Å². The summed E-state index contributed by atoms with van der Waals surface area (Å²) in [6.07, 6.45) is 12.0. The predicted octanol–water partition coefficient (Wildman–Crippen LogP) is 2.64. The van der Waals surface area contributed by atoms with Crippen LogP contribution in [0.25, 0.3) is 0 Å². The molecule has 0 aromatic carbocycles. The molecule has 1 atom stereocenters. The number of rotatable bonds is 2. The lowest BCUT2D eigenvalue weighted by atomic mass is 9.75. The summed E-state index contributed by atoms with van der Waals surface area (Å²) in [6, 6.07) is 0.863. The third-order valence-corrected chi connectivity index (χ3v) is 5.44. The predicted molar refractivity (Wildman–Crippen MR) is 72.1 cm³/mol. The molecule has 98 valence electrons. The van der Waals surface area contributed by atoms with E-state index in [0.29, 0.717) is 0 Å². The van der Waals surface area contributed by atoms with Crippen molar-refractivity contribution in [1.82, 2.24) is 10.2 Å². The molecular formula is C15H28N2. The zero-order valence-electron chi connectivity index (χ0n) is 11.2. The molecule has 2 saturated heterocycles. The molecule has 2 aliphatic heterocycles. The normalized spacial score (nSPS) is 34.2. The standard InChI is InChI=1S/C15H28N2/c1-2-4-13(5-3-1)14-7-10-17(11-8-14)15-6-9-16-12-15/h13-16H,1-12H2. The minimum absolute atomic E-state index is 0.863. The summed E-state index contributed by atoms with van der Waals surface area (Å²) < 4.78 is 0. The summed E-state index contributed by atoms with van der Waals surface area (Å²) >= 11 is 0. The lowest BCUT2D eigenvalue weighted by Crippen LogP contribution is -2.43. The van der Waals surface area contributed by atoms with Crippen LogP contribution in [0.15, 0.2) is 0 Å². The first-order valence-electron chi connectivity index (χ1n) is 7.88. The molecule has 0 aromatic heterocycles. The molecule has 1 unspecified atom stereocenters. The maximum absolute atomic E-state index is 3.50. The van der Waals surface area contributed by atoms with Crippen LogP contribution < -0.4 is 5.32 Å². The van der Waals surface area contributed by atoms with E-state index in [4.69, 9.17) is 0 Å². The van der Waals surface area contributed by atoms with E-state index < -0.39 is 0 Å². The highest BCUT2D eigenvalue weighted by atomic mass is 15.2. The van der Waals surface area contributed by atoms with Crippen molar-refractivity contribution in [1.29, 1.82) is 0 Å². The van der Waals surface area contributed by atoms with Crippen molar-refractivity contribution >= 4 is 0 Å². The first-order chi connectivity index (χ1) is 8.43. The third-order valence-electron chi connectivity index (χ3n) is 5.44. The number of nitrogens with zero attached hydrogens (tertiary/aromatic N) is 1. The highest BCUT2D eigenvalue weighted by Gasteiger charge is 2.30. The first-order valence-corrected chi connectivity index (χ1v) is 7.88. The van der Waals surface area contributed by atoms with E-state index in [1.54, 1.807) is 0 Å². The number of piperidine rings is 1. The molecule has 2 heterocycles. The van der Waals surface area contributed by atoms with Crippen LogP contribution in [0, 0.1) is 11.8 Å². The average molecular weight is 236 g/mol. The maximum Gasteiger partial charge on any atom is 0.0232 e. The lowest BCUT2D eigenvalue weighted by molar-refractivity contribution is 0.101. The van der Waals surface area contributed by atoms with Crippen molar-refractivity contribution in [2.75, 3.05) is 26.2 Å². The zero-order chi connectivity index (χ0) is 11.5. The van der Waals surface area contributed by atoms with Crippen LogP contribution >= 0.6 is 0 Å². The Hall–Kier alpha value is -0.0800. The Balaban J connectivity index is 1.46. The highest BCUT2D eigenvalue weighted by molar-refractivity contribution is 4.86. The van der Waals surface area contributed by atoms with Gasteiger partial charge in [-0.15, -0.1) is 0 Å². The van der Waals surface area contributed by atoms with Gasteiger partial charge in [0.25, 0.3) is 0 Å². The highest BCUT2D eigenvalue weighted by Crippen LogP contribution is 2.36. The molecule has 0 spiro atoms. The fraction of sp³-hybridized carbons (Fsp3) is 1.00. The quantitative estimate of drug-likeness (QED) is 0.793. The van der Waals surface area contributed by atoms with Crippen LogP contribution in [0.1, 0.15) is 51.4 Å². The van der Waals surface area contributed by atoms with Gasteiger partial charge in [-0.2, -0.15) is 0 Å². The van der Waals surface area contributed by atoms with Crippen LogP contribution in [-0.2, 0) is 0 Å². The van der Waals surface area contributed by atoms with Crippen LogP contribution in [0.3, 0.4) is 0 Å². The number of hydrogen-bond donors (Lipinski definition) is 1. The van der Waals surface area contributed by atoms with Crippen molar-refractivity contribution in [3.05, 3.63) is 0 Å². The summed E-state index contributed by atoms with van der Waals surface area (Å²) in [6.45, 7) is 5.25. The van der Waals surface area contributed by atoms with Crippen molar-refractivity contribution in [3.8, 4) is 0 Å². The van der Waals surface area contributed by atoms with Crippen LogP contribution in [-0.4, -0.2) is 37.1 Å². The molecular weight excluding hydrogens is 208 g/mol. The van der Waals surface area contributed by atoms with Gasteiger partial charge in [0.2, 0.25) is 0 Å². The lowest BCUT2D eigenvalue weighted by Gasteiger charge is -2.39. The first kappa shape index (κ1) is 12.0. The largest absolute Gasteiger partial charge is 0.315 e. The smallest absolute Gasteiger partial charge is 0.0232 e. The van der Waals surface area contributed by atoms with Crippen LogP contribution in [0.5, 0.6) is 0 Å². The fourth-order valence-corrected chi connectivity index (χ4v) is 4.31. The molecule has 2 nitrogen and oxygen atoms in total. The Morgan fingerprint density at radius 1 is 0.765 bits per heavy atom. The summed E-state index contributed by atoms with van der Waals surface area (Å²) in [5.41, 5.74) is 0. The molecule has 0 radical (unpaired) electrons. The van der Waals surface area contributed by atoms with E-state index in [9.17, 15) is 0 Å². The Bertz CT molecular complexity index is 221. The Morgan fingerprint density at radius 3 is 2.12 bits per heavy atom. The minimum Gasteiger partial charge on any atom is -0.315 e. The van der Waals surface area contributed by atoms with Crippen molar-refractivity contribution in [3.63, 3.8) is 0 Å². The van der Waals surface area contributed by atoms with Gasteiger partial charge in [-0.3, -0.25) is 4.90 Å². The number of hydrogen-bond acceptors (Lipinski definition) is 2. The van der Waals surface area contributed by atoms with Crippen molar-refractivity contribution in [2.45, 2.75) is 57.4 Å². The zero-order valence-corrected chi connectivity index (χ0v) is 11.2. The molecule has 1 aliphatic carbocycles.